The Morgan fingerprint density at radius 3 is 2.67 bits per heavy atom. The molecule has 9 nitrogen and oxygen atoms in total. The minimum atomic E-state index is -1.29. The fourth-order valence-electron chi connectivity index (χ4n) is 5.89. The first-order valence-corrected chi connectivity index (χ1v) is 14.4. The molecule has 7 atom stereocenters. The monoisotopic (exact) mass is 556 g/mol. The van der Waals surface area contributed by atoms with Crippen LogP contribution in [0.4, 0.5) is 0 Å². The van der Waals surface area contributed by atoms with Gasteiger partial charge in [0, 0.05) is 12.3 Å². The predicted octanol–water partition coefficient (Wildman–Crippen LogP) is 4.53. The van der Waals surface area contributed by atoms with Crippen LogP contribution in [0.1, 0.15) is 90.2 Å². The maximum Gasteiger partial charge on any atom is 0.309 e. The van der Waals surface area contributed by atoms with Crippen molar-refractivity contribution in [1.29, 1.82) is 0 Å². The van der Waals surface area contributed by atoms with Crippen LogP contribution in [0.15, 0.2) is 35.3 Å². The second-order valence-corrected chi connectivity index (χ2v) is 12.3. The van der Waals surface area contributed by atoms with E-state index in [1.54, 1.807) is 26.0 Å². The lowest BCUT2D eigenvalue weighted by Crippen LogP contribution is -2.46. The van der Waals surface area contributed by atoms with Crippen molar-refractivity contribution in [3.05, 3.63) is 42.3 Å². The normalized spacial score (nSPS) is 33.8. The number of carbonyl (C=O) groups excluding carboxylic acids is 2. The molecule has 2 fully saturated rings. The van der Waals surface area contributed by atoms with Crippen molar-refractivity contribution in [3.8, 4) is 0 Å². The van der Waals surface area contributed by atoms with Crippen molar-refractivity contribution in [2.24, 2.45) is 23.0 Å². The molecule has 2 aliphatic rings. The van der Waals surface area contributed by atoms with E-state index in [2.05, 4.69) is 18.5 Å². The molecule has 2 saturated heterocycles. The third-order valence-corrected chi connectivity index (χ3v) is 8.91. The van der Waals surface area contributed by atoms with Crippen LogP contribution in [0.25, 0.3) is 11.1 Å². The number of cyclic esters (lactones) is 1. The second kappa shape index (κ2) is 12.1. The van der Waals surface area contributed by atoms with Gasteiger partial charge in [-0.05, 0) is 56.2 Å². The lowest BCUT2D eigenvalue weighted by Gasteiger charge is -2.36. The minimum Gasteiger partial charge on any atom is -0.457 e. The van der Waals surface area contributed by atoms with E-state index < -0.39 is 35.6 Å². The van der Waals surface area contributed by atoms with Crippen LogP contribution in [0.2, 0.25) is 0 Å². The predicted molar refractivity (Wildman–Crippen MR) is 150 cm³/mol. The molecule has 0 radical (unpaired) electrons. The first kappa shape index (κ1) is 30.4. The van der Waals surface area contributed by atoms with Crippen LogP contribution in [0.3, 0.4) is 0 Å². The highest BCUT2D eigenvalue weighted by Crippen LogP contribution is 2.47. The van der Waals surface area contributed by atoms with Crippen LogP contribution in [-0.4, -0.2) is 50.9 Å². The van der Waals surface area contributed by atoms with Crippen molar-refractivity contribution < 1.29 is 33.7 Å². The summed E-state index contributed by atoms with van der Waals surface area (Å²) in [5.74, 6) is -1.26. The maximum absolute atomic E-state index is 13.7. The number of epoxide rings is 1. The molecule has 220 valence electrons. The standard InChI is InChI=1S/C31H44N2O7/c1-6-7-10-20-28(36)18(2)9-8-13-31(5)25(40-31)15-23(39-27(35)16-24(34)30(3,4)29(20)37)19-11-12-22-21(14-19)33-26(17-32)38-22/h6,11-12,14,18,20,23-25,28,34,36H,1,7-10,13,15-17,32H2,2-5H3/t18?,20-,23+,24+,25+,28+,31?/m1/s1. The number of carbonyl (C=O) groups is 2. The number of ether oxygens (including phenoxy) is 2. The van der Waals surface area contributed by atoms with Gasteiger partial charge in [0.05, 0.1) is 42.3 Å². The molecule has 0 amide bonds. The molecular formula is C31H44N2O7. The number of nitrogens with two attached hydrogens (primary N) is 1. The van der Waals surface area contributed by atoms with Crippen LogP contribution >= 0.6 is 0 Å². The lowest BCUT2D eigenvalue weighted by molar-refractivity contribution is -0.156. The summed E-state index contributed by atoms with van der Waals surface area (Å²) in [5, 5.41) is 22.4. The van der Waals surface area contributed by atoms with Gasteiger partial charge >= 0.3 is 5.97 Å². The lowest BCUT2D eigenvalue weighted by atomic mass is 9.71. The first-order chi connectivity index (χ1) is 18.9. The Bertz CT molecular complexity index is 1220. The van der Waals surface area contributed by atoms with Crippen LogP contribution in [-0.2, 0) is 25.6 Å². The zero-order valence-corrected chi connectivity index (χ0v) is 24.1. The summed E-state index contributed by atoms with van der Waals surface area (Å²) >= 11 is 0. The average molecular weight is 557 g/mol. The fraction of sp³-hybridized carbons (Fsp3) is 0.645. The number of benzene rings is 1. The van der Waals surface area contributed by atoms with Gasteiger partial charge in [-0.3, -0.25) is 9.59 Å². The number of allylic oxidation sites excluding steroid dienone is 1. The molecule has 0 spiro atoms. The number of aliphatic hydroxyl groups excluding tert-OH is 2. The fourth-order valence-corrected chi connectivity index (χ4v) is 5.89. The molecule has 2 aromatic rings. The Labute approximate surface area is 236 Å². The number of Topliss-reactive ketones (excluding diaryl/α,β-unsaturated/α-hetero) is 1. The SMILES string of the molecule is C=CCC[C@H]1C(=O)C(C)(C)[C@@H](O)CC(=O)O[C@H](c2ccc3oc(CN)nc3c2)C[C@@H]2OC2(C)CCCC(C)[C@@H]1O. The molecule has 40 heavy (non-hydrogen) atoms. The third-order valence-electron chi connectivity index (χ3n) is 8.91. The van der Waals surface area contributed by atoms with Gasteiger partial charge in [-0.25, -0.2) is 4.98 Å². The average Bonchev–Trinajstić information content (AvgIpc) is 3.35. The highest BCUT2D eigenvalue weighted by molar-refractivity contribution is 5.88. The molecule has 1 aromatic carbocycles. The molecule has 4 N–H and O–H groups in total. The number of rotatable bonds is 5. The summed E-state index contributed by atoms with van der Waals surface area (Å²) < 4.78 is 17.7. The van der Waals surface area contributed by atoms with Crippen molar-refractivity contribution in [2.45, 2.75) is 109 Å². The maximum atomic E-state index is 13.7. The van der Waals surface area contributed by atoms with Crippen molar-refractivity contribution >= 4 is 22.9 Å². The van der Waals surface area contributed by atoms with Crippen LogP contribution in [0.5, 0.6) is 0 Å². The topological polar surface area (TPSA) is 148 Å². The van der Waals surface area contributed by atoms with Crippen molar-refractivity contribution in [2.75, 3.05) is 0 Å². The number of oxazole rings is 1. The number of hydrogen-bond acceptors (Lipinski definition) is 9. The van der Waals surface area contributed by atoms with Crippen LogP contribution < -0.4 is 5.73 Å². The molecule has 4 rings (SSSR count). The highest BCUT2D eigenvalue weighted by atomic mass is 16.6. The van der Waals surface area contributed by atoms with Gasteiger partial charge in [0.25, 0.3) is 0 Å². The van der Waals surface area contributed by atoms with E-state index in [0.717, 1.165) is 24.8 Å². The quantitative estimate of drug-likeness (QED) is 0.274. The number of aliphatic hydroxyl groups is 2. The van der Waals surface area contributed by atoms with Gasteiger partial charge in [0.15, 0.2) is 5.58 Å². The first-order valence-electron chi connectivity index (χ1n) is 14.4. The van der Waals surface area contributed by atoms with Gasteiger partial charge in [0.2, 0.25) is 5.89 Å². The second-order valence-electron chi connectivity index (χ2n) is 12.3. The molecule has 0 saturated carbocycles. The largest absolute Gasteiger partial charge is 0.457 e. The van der Waals surface area contributed by atoms with E-state index in [9.17, 15) is 19.8 Å². The van der Waals surface area contributed by atoms with E-state index in [1.807, 2.05) is 19.1 Å². The molecule has 9 heteroatoms. The third kappa shape index (κ3) is 6.48. The van der Waals surface area contributed by atoms with Gasteiger partial charge in [-0.2, -0.15) is 0 Å². The Morgan fingerprint density at radius 2 is 1.98 bits per heavy atom. The molecule has 0 bridgehead atoms. The highest BCUT2D eigenvalue weighted by Gasteiger charge is 2.53. The van der Waals surface area contributed by atoms with E-state index in [-0.39, 0.29) is 36.4 Å². The van der Waals surface area contributed by atoms with E-state index in [0.29, 0.717) is 36.3 Å². The summed E-state index contributed by atoms with van der Waals surface area (Å²) in [7, 11) is 0. The molecular weight excluding hydrogens is 512 g/mol. The summed E-state index contributed by atoms with van der Waals surface area (Å²) in [6.45, 7) is 11.2. The Hall–Kier alpha value is -2.59. The smallest absolute Gasteiger partial charge is 0.309 e. The number of hydrogen-bond donors (Lipinski definition) is 3. The summed E-state index contributed by atoms with van der Waals surface area (Å²) in [4.78, 5) is 31.3. The van der Waals surface area contributed by atoms with E-state index in [1.165, 1.54) is 0 Å². The molecule has 2 aliphatic heterocycles. The zero-order chi connectivity index (χ0) is 29.2. The summed E-state index contributed by atoms with van der Waals surface area (Å²) in [6.07, 6.45) is 2.22. The number of nitrogens with zero attached hydrogens (tertiary/aromatic N) is 1. The van der Waals surface area contributed by atoms with Crippen molar-refractivity contribution in [1.82, 2.24) is 4.98 Å². The van der Waals surface area contributed by atoms with E-state index >= 15 is 0 Å². The number of esters is 1. The van der Waals surface area contributed by atoms with E-state index in [4.69, 9.17) is 19.6 Å². The molecule has 1 aromatic heterocycles. The Morgan fingerprint density at radius 1 is 1.23 bits per heavy atom. The van der Waals surface area contributed by atoms with Crippen LogP contribution in [0, 0.1) is 17.3 Å². The number of fused-ring (bicyclic) bond motifs is 2. The zero-order valence-electron chi connectivity index (χ0n) is 24.1. The molecule has 3 heterocycles. The Kier molecular flexibility index (Phi) is 9.19. The van der Waals surface area contributed by atoms with Gasteiger partial charge in [0.1, 0.15) is 17.4 Å². The van der Waals surface area contributed by atoms with Gasteiger partial charge < -0.3 is 29.8 Å². The minimum absolute atomic E-state index is 0.116. The number of ketones is 1. The summed E-state index contributed by atoms with van der Waals surface area (Å²) in [5.41, 5.74) is 5.99. The summed E-state index contributed by atoms with van der Waals surface area (Å²) in [6, 6.07) is 5.44. The number of aromatic nitrogens is 1. The van der Waals surface area contributed by atoms with Gasteiger partial charge in [-0.15, -0.1) is 6.58 Å². The van der Waals surface area contributed by atoms with Crippen molar-refractivity contribution in [3.63, 3.8) is 0 Å². The Balaban J connectivity index is 1.63. The molecule has 0 aliphatic carbocycles. The van der Waals surface area contributed by atoms with Gasteiger partial charge in [-0.1, -0.05) is 39.3 Å². The molecule has 2 unspecified atom stereocenters.